The van der Waals surface area contributed by atoms with Crippen LogP contribution in [0.25, 0.3) is 0 Å². The van der Waals surface area contributed by atoms with Crippen molar-refractivity contribution in [3.05, 3.63) is 33.9 Å². The number of ether oxygens (including phenoxy) is 1. The Bertz CT molecular complexity index is 385. The van der Waals surface area contributed by atoms with Crippen LogP contribution in [0.4, 0.5) is 5.69 Å². The molecule has 0 aromatic heterocycles. The van der Waals surface area contributed by atoms with Crippen LogP contribution in [0.15, 0.2) is 18.2 Å². The molecular weight excluding hydrogens is 240 g/mol. The van der Waals surface area contributed by atoms with Crippen LogP contribution in [0, 0.1) is 10.1 Å². The summed E-state index contributed by atoms with van der Waals surface area (Å²) in [7, 11) is 0. The van der Waals surface area contributed by atoms with Crippen molar-refractivity contribution in [3.63, 3.8) is 0 Å². The summed E-state index contributed by atoms with van der Waals surface area (Å²) in [4.78, 5) is 10.2. The Morgan fingerprint density at radius 2 is 2.29 bits per heavy atom. The molecule has 6 heteroatoms. The molecule has 0 saturated heterocycles. The maximum atomic E-state index is 10.6. The van der Waals surface area contributed by atoms with Gasteiger partial charge in [0.15, 0.2) is 0 Å². The zero-order chi connectivity index (χ0) is 12.7. The molecule has 1 aromatic carbocycles. The Labute approximate surface area is 104 Å². The summed E-state index contributed by atoms with van der Waals surface area (Å²) in [6.07, 6.45) is 2.99. The molecule has 0 unspecified atom stereocenters. The first kappa shape index (κ1) is 13.8. The lowest BCUT2D eigenvalue weighted by Gasteiger charge is -2.09. The molecule has 0 aliphatic carbocycles. The molecule has 5 nitrogen and oxygen atoms in total. The van der Waals surface area contributed by atoms with Crippen LogP contribution in [-0.4, -0.2) is 23.5 Å². The molecule has 0 bridgehead atoms. The van der Waals surface area contributed by atoms with Gasteiger partial charge in [0.05, 0.1) is 11.5 Å². The second-order valence-corrected chi connectivity index (χ2v) is 4.43. The molecule has 94 valence electrons. The predicted octanol–water partition coefficient (Wildman–Crippen LogP) is 2.19. The van der Waals surface area contributed by atoms with Crippen LogP contribution < -0.4 is 10.5 Å². The van der Waals surface area contributed by atoms with Crippen molar-refractivity contribution < 1.29 is 9.66 Å². The highest BCUT2D eigenvalue weighted by Gasteiger charge is 2.10. The topological polar surface area (TPSA) is 78.4 Å². The maximum absolute atomic E-state index is 10.6. The molecular formula is C11H16N2O3S. The van der Waals surface area contributed by atoms with Crippen LogP contribution in [0.1, 0.15) is 12.0 Å². The average molecular weight is 256 g/mol. The van der Waals surface area contributed by atoms with Crippen LogP contribution in [-0.2, 0) is 6.54 Å². The van der Waals surface area contributed by atoms with E-state index in [1.165, 1.54) is 12.1 Å². The highest BCUT2D eigenvalue weighted by molar-refractivity contribution is 7.98. The fourth-order valence-electron chi connectivity index (χ4n) is 1.37. The molecule has 0 radical (unpaired) electrons. The summed E-state index contributed by atoms with van der Waals surface area (Å²) in [5, 5.41) is 10.6. The molecule has 0 spiro atoms. The van der Waals surface area contributed by atoms with E-state index < -0.39 is 4.92 Å². The summed E-state index contributed by atoms with van der Waals surface area (Å²) < 4.78 is 5.55. The number of rotatable bonds is 7. The molecule has 2 N–H and O–H groups in total. The van der Waals surface area contributed by atoms with Gasteiger partial charge in [0, 0.05) is 24.2 Å². The summed E-state index contributed by atoms with van der Waals surface area (Å²) in [6.45, 7) is 0.838. The largest absolute Gasteiger partial charge is 0.493 e. The highest BCUT2D eigenvalue weighted by atomic mass is 32.2. The third-order valence-corrected chi connectivity index (χ3v) is 2.92. The third-order valence-electron chi connectivity index (χ3n) is 2.23. The van der Waals surface area contributed by atoms with E-state index in [9.17, 15) is 10.1 Å². The molecule has 0 heterocycles. The van der Waals surface area contributed by atoms with Gasteiger partial charge >= 0.3 is 0 Å². The number of nitro groups is 1. The van der Waals surface area contributed by atoms with Gasteiger partial charge in [0.25, 0.3) is 5.69 Å². The Balaban J connectivity index is 2.68. The van der Waals surface area contributed by atoms with E-state index in [0.717, 1.165) is 12.2 Å². The van der Waals surface area contributed by atoms with E-state index in [1.54, 1.807) is 17.8 Å². The average Bonchev–Trinajstić information content (AvgIpc) is 2.34. The molecule has 0 aliphatic heterocycles. The first-order valence-corrected chi connectivity index (χ1v) is 6.67. The van der Waals surface area contributed by atoms with E-state index in [2.05, 4.69) is 0 Å². The monoisotopic (exact) mass is 256 g/mol. The van der Waals surface area contributed by atoms with Crippen molar-refractivity contribution >= 4 is 17.4 Å². The number of hydrogen-bond donors (Lipinski definition) is 1. The molecule has 1 aromatic rings. The predicted molar refractivity (Wildman–Crippen MR) is 69.5 cm³/mol. The highest BCUT2D eigenvalue weighted by Crippen LogP contribution is 2.23. The lowest BCUT2D eigenvalue weighted by Crippen LogP contribution is -2.05. The smallest absolute Gasteiger partial charge is 0.270 e. The van der Waals surface area contributed by atoms with E-state index in [-0.39, 0.29) is 12.2 Å². The van der Waals surface area contributed by atoms with Crippen molar-refractivity contribution in [1.82, 2.24) is 0 Å². The maximum Gasteiger partial charge on any atom is 0.270 e. The number of nitrogens with two attached hydrogens (primary N) is 1. The van der Waals surface area contributed by atoms with Crippen molar-refractivity contribution in [1.29, 1.82) is 0 Å². The number of nitrogens with zero attached hydrogens (tertiary/aromatic N) is 1. The standard InChI is InChI=1S/C11H16N2O3S/c1-17-6-2-5-16-11-4-3-10(13(14)15)7-9(11)8-12/h3-4,7H,2,5-6,8,12H2,1H3. The van der Waals surface area contributed by atoms with E-state index in [0.29, 0.717) is 17.9 Å². The van der Waals surface area contributed by atoms with Gasteiger partial charge < -0.3 is 10.5 Å². The second-order valence-electron chi connectivity index (χ2n) is 3.45. The van der Waals surface area contributed by atoms with Gasteiger partial charge in [-0.05, 0) is 24.5 Å². The number of thioether (sulfide) groups is 1. The first-order chi connectivity index (χ1) is 8.19. The van der Waals surface area contributed by atoms with Gasteiger partial charge in [-0.25, -0.2) is 0 Å². The zero-order valence-electron chi connectivity index (χ0n) is 9.72. The molecule has 0 atom stereocenters. The molecule has 0 saturated carbocycles. The normalized spacial score (nSPS) is 10.2. The molecule has 1 rings (SSSR count). The third kappa shape index (κ3) is 4.24. The number of benzene rings is 1. The molecule has 0 amide bonds. The lowest BCUT2D eigenvalue weighted by molar-refractivity contribution is -0.384. The van der Waals surface area contributed by atoms with Crippen molar-refractivity contribution in [3.8, 4) is 5.75 Å². The van der Waals surface area contributed by atoms with Gasteiger partial charge in [-0.15, -0.1) is 0 Å². The van der Waals surface area contributed by atoms with Crippen molar-refractivity contribution in [2.24, 2.45) is 5.73 Å². The fourth-order valence-corrected chi connectivity index (χ4v) is 1.77. The number of non-ortho nitro benzene ring substituents is 1. The fraction of sp³-hybridized carbons (Fsp3) is 0.455. The van der Waals surface area contributed by atoms with E-state index in [4.69, 9.17) is 10.5 Å². The van der Waals surface area contributed by atoms with Crippen molar-refractivity contribution in [2.75, 3.05) is 18.6 Å². The number of hydrogen-bond acceptors (Lipinski definition) is 5. The molecule has 0 fully saturated rings. The minimum atomic E-state index is -0.434. The Kier molecular flexibility index (Phi) is 5.79. The summed E-state index contributed by atoms with van der Waals surface area (Å²) in [5.74, 6) is 1.67. The summed E-state index contributed by atoms with van der Waals surface area (Å²) in [6, 6.07) is 4.51. The van der Waals surface area contributed by atoms with Crippen LogP contribution in [0.5, 0.6) is 5.75 Å². The lowest BCUT2D eigenvalue weighted by atomic mass is 10.2. The van der Waals surface area contributed by atoms with Crippen LogP contribution >= 0.6 is 11.8 Å². The van der Waals surface area contributed by atoms with Gasteiger partial charge in [-0.1, -0.05) is 0 Å². The summed E-state index contributed by atoms with van der Waals surface area (Å²) >= 11 is 1.76. The van der Waals surface area contributed by atoms with Gasteiger partial charge in [0.2, 0.25) is 0 Å². The quantitative estimate of drug-likeness (QED) is 0.459. The van der Waals surface area contributed by atoms with Crippen molar-refractivity contribution in [2.45, 2.75) is 13.0 Å². The Hall–Kier alpha value is -1.27. The second kappa shape index (κ2) is 7.13. The Morgan fingerprint density at radius 3 is 2.88 bits per heavy atom. The van der Waals surface area contributed by atoms with E-state index in [1.807, 2.05) is 6.26 Å². The van der Waals surface area contributed by atoms with E-state index >= 15 is 0 Å². The SMILES string of the molecule is CSCCCOc1ccc([N+](=O)[O-])cc1CN. The zero-order valence-corrected chi connectivity index (χ0v) is 10.5. The molecule has 0 aliphatic rings. The first-order valence-electron chi connectivity index (χ1n) is 5.28. The van der Waals surface area contributed by atoms with Gasteiger partial charge in [-0.2, -0.15) is 11.8 Å². The van der Waals surface area contributed by atoms with Gasteiger partial charge in [0.1, 0.15) is 5.75 Å². The number of nitro benzene ring substituents is 1. The van der Waals surface area contributed by atoms with Gasteiger partial charge in [-0.3, -0.25) is 10.1 Å². The molecule has 17 heavy (non-hydrogen) atoms. The minimum absolute atomic E-state index is 0.0434. The van der Waals surface area contributed by atoms with Crippen LogP contribution in [0.3, 0.4) is 0 Å². The summed E-state index contributed by atoms with van der Waals surface area (Å²) in [5.41, 5.74) is 6.26. The minimum Gasteiger partial charge on any atom is -0.493 e. The Morgan fingerprint density at radius 1 is 1.53 bits per heavy atom. The van der Waals surface area contributed by atoms with Crippen LogP contribution in [0.2, 0.25) is 0 Å².